The van der Waals surface area contributed by atoms with Gasteiger partial charge in [0.05, 0.1) is 0 Å². The van der Waals surface area contributed by atoms with Crippen molar-refractivity contribution in [3.05, 3.63) is 0 Å². The number of fused-ring (bicyclic) bond motifs is 1. The van der Waals surface area contributed by atoms with Gasteiger partial charge in [-0.1, -0.05) is 0 Å². The summed E-state index contributed by atoms with van der Waals surface area (Å²) in [6.07, 6.45) is 4.27. The second-order valence-corrected chi connectivity index (χ2v) is 6.46. The standard InChI is InChI=1S/C14H27N3O2/c1-11(9-14(2,15)13(18)19)17-8-4-7-16-6-3-5-12(16)10-17/h11-12H,3-10,15H2,1-2H3,(H,18,19). The van der Waals surface area contributed by atoms with E-state index < -0.39 is 11.5 Å². The lowest BCUT2D eigenvalue weighted by molar-refractivity contribution is -0.143. The monoisotopic (exact) mass is 269 g/mol. The first-order chi connectivity index (χ1) is 8.90. The van der Waals surface area contributed by atoms with Crippen molar-refractivity contribution in [1.82, 2.24) is 9.80 Å². The molecule has 0 amide bonds. The van der Waals surface area contributed by atoms with Gasteiger partial charge in [0, 0.05) is 18.6 Å². The summed E-state index contributed by atoms with van der Waals surface area (Å²) < 4.78 is 0. The number of nitrogens with zero attached hydrogens (tertiary/aromatic N) is 2. The van der Waals surface area contributed by atoms with E-state index in [-0.39, 0.29) is 6.04 Å². The Kier molecular flexibility index (Phi) is 4.48. The smallest absolute Gasteiger partial charge is 0.323 e. The van der Waals surface area contributed by atoms with Crippen LogP contribution in [0.3, 0.4) is 0 Å². The van der Waals surface area contributed by atoms with Gasteiger partial charge in [0.1, 0.15) is 5.54 Å². The first-order valence-electron chi connectivity index (χ1n) is 7.40. The Bertz CT molecular complexity index is 333. The maximum Gasteiger partial charge on any atom is 0.323 e. The van der Waals surface area contributed by atoms with E-state index in [0.717, 1.165) is 13.1 Å². The Hall–Kier alpha value is -0.650. The molecule has 0 radical (unpaired) electrons. The van der Waals surface area contributed by atoms with Crippen molar-refractivity contribution in [3.63, 3.8) is 0 Å². The minimum Gasteiger partial charge on any atom is -0.480 e. The number of rotatable bonds is 4. The van der Waals surface area contributed by atoms with Crippen molar-refractivity contribution in [3.8, 4) is 0 Å². The van der Waals surface area contributed by atoms with Gasteiger partial charge >= 0.3 is 5.97 Å². The summed E-state index contributed by atoms with van der Waals surface area (Å²) in [4.78, 5) is 16.2. The molecule has 5 nitrogen and oxygen atoms in total. The van der Waals surface area contributed by atoms with E-state index >= 15 is 0 Å². The van der Waals surface area contributed by atoms with Gasteiger partial charge in [-0.15, -0.1) is 0 Å². The molecule has 0 aromatic heterocycles. The lowest BCUT2D eigenvalue weighted by Gasteiger charge is -2.34. The SMILES string of the molecule is CC(CC(C)(N)C(=O)O)N1CCCN2CCCC2C1. The molecule has 3 unspecified atom stereocenters. The van der Waals surface area contributed by atoms with E-state index in [1.54, 1.807) is 6.92 Å². The molecule has 2 rings (SSSR count). The predicted octanol–water partition coefficient (Wildman–Crippen LogP) is 0.737. The molecule has 0 aromatic rings. The minimum absolute atomic E-state index is 0.228. The molecule has 0 aliphatic carbocycles. The summed E-state index contributed by atoms with van der Waals surface area (Å²) in [5, 5.41) is 9.14. The van der Waals surface area contributed by atoms with Gasteiger partial charge < -0.3 is 10.8 Å². The molecule has 5 heteroatoms. The van der Waals surface area contributed by atoms with Crippen LogP contribution in [0.15, 0.2) is 0 Å². The van der Waals surface area contributed by atoms with Gasteiger partial charge in [-0.05, 0) is 59.2 Å². The zero-order valence-electron chi connectivity index (χ0n) is 12.1. The van der Waals surface area contributed by atoms with E-state index in [9.17, 15) is 4.79 Å². The number of carboxylic acids is 1. The molecule has 3 atom stereocenters. The first kappa shape index (κ1) is 14.8. The minimum atomic E-state index is -1.12. The summed E-state index contributed by atoms with van der Waals surface area (Å²) in [5.41, 5.74) is 4.75. The summed E-state index contributed by atoms with van der Waals surface area (Å²) in [7, 11) is 0. The second-order valence-electron chi connectivity index (χ2n) is 6.46. The zero-order valence-corrected chi connectivity index (χ0v) is 12.1. The van der Waals surface area contributed by atoms with Crippen molar-refractivity contribution in [2.24, 2.45) is 5.73 Å². The zero-order chi connectivity index (χ0) is 14.0. The molecule has 2 aliphatic heterocycles. The quantitative estimate of drug-likeness (QED) is 0.787. The number of hydrogen-bond donors (Lipinski definition) is 2. The van der Waals surface area contributed by atoms with E-state index in [1.807, 2.05) is 0 Å². The predicted molar refractivity (Wildman–Crippen MR) is 75.1 cm³/mol. The maximum absolute atomic E-state index is 11.1. The fraction of sp³-hybridized carbons (Fsp3) is 0.929. The van der Waals surface area contributed by atoms with Crippen molar-refractivity contribution < 1.29 is 9.90 Å². The molecule has 19 heavy (non-hydrogen) atoms. The molecule has 2 heterocycles. The molecule has 0 saturated carbocycles. The third-order valence-electron chi connectivity index (χ3n) is 4.67. The van der Waals surface area contributed by atoms with Crippen LogP contribution in [0, 0.1) is 0 Å². The molecule has 0 bridgehead atoms. The van der Waals surface area contributed by atoms with Crippen LogP contribution >= 0.6 is 0 Å². The lowest BCUT2D eigenvalue weighted by Crippen LogP contribution is -2.51. The topological polar surface area (TPSA) is 69.8 Å². The fourth-order valence-electron chi connectivity index (χ4n) is 3.47. The summed E-state index contributed by atoms with van der Waals surface area (Å²) >= 11 is 0. The van der Waals surface area contributed by atoms with Crippen LogP contribution in [0.5, 0.6) is 0 Å². The number of hydrogen-bond acceptors (Lipinski definition) is 4. The van der Waals surface area contributed by atoms with Crippen molar-refractivity contribution in [1.29, 1.82) is 0 Å². The molecular formula is C14H27N3O2. The van der Waals surface area contributed by atoms with E-state index in [4.69, 9.17) is 10.8 Å². The van der Waals surface area contributed by atoms with Gasteiger partial charge in [0.15, 0.2) is 0 Å². The maximum atomic E-state index is 11.1. The van der Waals surface area contributed by atoms with Gasteiger partial charge in [0.25, 0.3) is 0 Å². The lowest BCUT2D eigenvalue weighted by atomic mass is 9.94. The van der Waals surface area contributed by atoms with Crippen LogP contribution in [0.4, 0.5) is 0 Å². The molecule has 3 N–H and O–H groups in total. The van der Waals surface area contributed by atoms with Gasteiger partial charge in [-0.3, -0.25) is 14.6 Å². The van der Waals surface area contributed by atoms with Gasteiger partial charge in [0.2, 0.25) is 0 Å². The Balaban J connectivity index is 1.94. The molecule has 2 aliphatic rings. The average molecular weight is 269 g/mol. The third kappa shape index (κ3) is 3.46. The summed E-state index contributed by atoms with van der Waals surface area (Å²) in [5.74, 6) is -0.906. The summed E-state index contributed by atoms with van der Waals surface area (Å²) in [6, 6.07) is 0.894. The highest BCUT2D eigenvalue weighted by Crippen LogP contribution is 2.24. The number of aliphatic carboxylic acids is 1. The van der Waals surface area contributed by atoms with E-state index in [0.29, 0.717) is 12.5 Å². The molecular weight excluding hydrogens is 242 g/mol. The highest BCUT2D eigenvalue weighted by Gasteiger charge is 2.35. The summed E-state index contributed by atoms with van der Waals surface area (Å²) in [6.45, 7) is 8.27. The number of carboxylic acid groups (broad SMARTS) is 1. The van der Waals surface area contributed by atoms with Crippen molar-refractivity contribution in [2.45, 2.75) is 57.2 Å². The fourth-order valence-corrected chi connectivity index (χ4v) is 3.47. The van der Waals surface area contributed by atoms with Crippen molar-refractivity contribution in [2.75, 3.05) is 26.2 Å². The van der Waals surface area contributed by atoms with Crippen LogP contribution in [-0.4, -0.2) is 64.7 Å². The van der Waals surface area contributed by atoms with E-state index in [2.05, 4.69) is 16.7 Å². The normalized spacial score (nSPS) is 30.4. The van der Waals surface area contributed by atoms with E-state index in [1.165, 1.54) is 32.4 Å². The highest BCUT2D eigenvalue weighted by molar-refractivity contribution is 5.77. The van der Waals surface area contributed by atoms with Crippen LogP contribution in [0.25, 0.3) is 0 Å². The Labute approximate surface area is 115 Å². The molecule has 0 aromatic carbocycles. The van der Waals surface area contributed by atoms with Crippen LogP contribution < -0.4 is 5.73 Å². The second kappa shape index (κ2) is 5.77. The molecule has 110 valence electrons. The van der Waals surface area contributed by atoms with Gasteiger partial charge in [-0.25, -0.2) is 0 Å². The Morgan fingerprint density at radius 2 is 2.11 bits per heavy atom. The largest absolute Gasteiger partial charge is 0.480 e. The highest BCUT2D eigenvalue weighted by atomic mass is 16.4. The number of carbonyl (C=O) groups is 1. The van der Waals surface area contributed by atoms with Crippen LogP contribution in [0.1, 0.15) is 39.5 Å². The Morgan fingerprint density at radius 3 is 2.79 bits per heavy atom. The third-order valence-corrected chi connectivity index (χ3v) is 4.67. The molecule has 0 spiro atoms. The van der Waals surface area contributed by atoms with Crippen LogP contribution in [0.2, 0.25) is 0 Å². The molecule has 2 saturated heterocycles. The number of nitrogens with two attached hydrogens (primary N) is 1. The Morgan fingerprint density at radius 1 is 1.42 bits per heavy atom. The molecule has 2 fully saturated rings. The average Bonchev–Trinajstić information content (AvgIpc) is 2.65. The first-order valence-corrected chi connectivity index (χ1v) is 7.40. The van der Waals surface area contributed by atoms with Crippen LogP contribution in [-0.2, 0) is 4.79 Å². The van der Waals surface area contributed by atoms with Gasteiger partial charge in [-0.2, -0.15) is 0 Å². The van der Waals surface area contributed by atoms with Crippen molar-refractivity contribution >= 4 is 5.97 Å².